The maximum atomic E-state index is 11.7. The third-order valence-corrected chi connectivity index (χ3v) is 6.29. The van der Waals surface area contributed by atoms with Crippen LogP contribution in [0.1, 0.15) is 49.8 Å². The van der Waals surface area contributed by atoms with Gasteiger partial charge in [-0.3, -0.25) is 5.10 Å². The summed E-state index contributed by atoms with van der Waals surface area (Å²) >= 11 is 0. The minimum absolute atomic E-state index is 0.620. The van der Waals surface area contributed by atoms with Gasteiger partial charge in [-0.15, -0.1) is 0 Å². The Kier molecular flexibility index (Phi) is 3.95. The molecular weight excluding hydrogens is 308 g/mol. The molecule has 6 heteroatoms. The molecule has 3 atom stereocenters. The second-order valence-corrected chi connectivity index (χ2v) is 7.80. The van der Waals surface area contributed by atoms with Crippen molar-refractivity contribution in [2.24, 2.45) is 5.92 Å². The number of aromatic nitrogens is 2. The van der Waals surface area contributed by atoms with E-state index in [2.05, 4.69) is 33.2 Å². The first-order valence-electron chi connectivity index (χ1n) is 8.33. The highest BCUT2D eigenvalue weighted by Gasteiger charge is 2.26. The molecule has 1 aliphatic heterocycles. The molecule has 2 heterocycles. The highest BCUT2D eigenvalue weighted by Crippen LogP contribution is 2.39. The summed E-state index contributed by atoms with van der Waals surface area (Å²) in [6.07, 6.45) is 5.14. The van der Waals surface area contributed by atoms with Crippen LogP contribution in [0.25, 0.3) is 0 Å². The van der Waals surface area contributed by atoms with Gasteiger partial charge >= 0.3 is 0 Å². The van der Waals surface area contributed by atoms with Gasteiger partial charge in [0, 0.05) is 29.9 Å². The summed E-state index contributed by atoms with van der Waals surface area (Å²) in [6, 6.07) is 8.06. The fourth-order valence-corrected chi connectivity index (χ4v) is 4.69. The van der Waals surface area contributed by atoms with E-state index in [1.807, 2.05) is 18.2 Å². The fourth-order valence-electron chi connectivity index (χ4n) is 3.68. The fraction of sp³-hybridized carbons (Fsp3) is 0.471. The monoisotopic (exact) mass is 330 g/mol. The van der Waals surface area contributed by atoms with Crippen molar-refractivity contribution >= 4 is 22.5 Å². The Bertz CT molecular complexity index is 742. The minimum Gasteiger partial charge on any atom is -0.339 e. The van der Waals surface area contributed by atoms with Crippen molar-refractivity contribution in [2.75, 3.05) is 5.32 Å². The van der Waals surface area contributed by atoms with E-state index >= 15 is 0 Å². The first kappa shape index (κ1) is 14.9. The van der Waals surface area contributed by atoms with Crippen LogP contribution in [0.3, 0.4) is 0 Å². The van der Waals surface area contributed by atoms with E-state index in [-0.39, 0.29) is 0 Å². The van der Waals surface area contributed by atoms with Crippen LogP contribution in [0.2, 0.25) is 0 Å². The zero-order chi connectivity index (χ0) is 15.8. The highest BCUT2D eigenvalue weighted by atomic mass is 32.2. The number of rotatable bonds is 4. The van der Waals surface area contributed by atoms with Crippen LogP contribution < -0.4 is 10.0 Å². The smallest absolute Gasteiger partial charge is 0.152 e. The van der Waals surface area contributed by atoms with Crippen molar-refractivity contribution in [3.8, 4) is 0 Å². The van der Waals surface area contributed by atoms with Gasteiger partial charge in [0.2, 0.25) is 0 Å². The normalized spacial score (nSPS) is 26.4. The van der Waals surface area contributed by atoms with Gasteiger partial charge in [0.25, 0.3) is 0 Å². The van der Waals surface area contributed by atoms with Crippen LogP contribution in [-0.2, 0) is 17.5 Å². The molecule has 0 saturated heterocycles. The molecule has 1 aromatic carbocycles. The zero-order valence-corrected chi connectivity index (χ0v) is 14.1. The number of H-pyrrole nitrogens is 1. The Morgan fingerprint density at radius 1 is 1.35 bits per heavy atom. The second kappa shape index (κ2) is 6.09. The molecule has 1 aromatic heterocycles. The molecule has 5 nitrogen and oxygen atoms in total. The molecule has 23 heavy (non-hydrogen) atoms. The second-order valence-electron chi connectivity index (χ2n) is 6.53. The molecule has 122 valence electrons. The van der Waals surface area contributed by atoms with Crippen LogP contribution in [-0.4, -0.2) is 14.4 Å². The maximum absolute atomic E-state index is 11.7. The van der Waals surface area contributed by atoms with E-state index in [0.29, 0.717) is 12.5 Å². The van der Waals surface area contributed by atoms with Gasteiger partial charge in [0.05, 0.1) is 4.90 Å². The van der Waals surface area contributed by atoms with Gasteiger partial charge in [0.15, 0.2) is 5.82 Å². The molecule has 1 saturated carbocycles. The van der Waals surface area contributed by atoms with E-state index in [1.54, 1.807) is 0 Å². The topological polar surface area (TPSA) is 69.8 Å². The molecular formula is C17H22N4OS. The molecule has 4 rings (SSSR count). The Morgan fingerprint density at radius 3 is 3.09 bits per heavy atom. The van der Waals surface area contributed by atoms with Crippen molar-refractivity contribution < 1.29 is 4.21 Å². The van der Waals surface area contributed by atoms with Crippen LogP contribution in [0.5, 0.6) is 0 Å². The molecule has 0 radical (unpaired) electrons. The van der Waals surface area contributed by atoms with Gasteiger partial charge in [0.1, 0.15) is 11.0 Å². The largest absolute Gasteiger partial charge is 0.339 e. The lowest BCUT2D eigenvalue weighted by Gasteiger charge is -2.07. The molecule has 2 aliphatic rings. The van der Waals surface area contributed by atoms with E-state index in [9.17, 15) is 4.21 Å². The van der Waals surface area contributed by atoms with Gasteiger partial charge in [-0.2, -0.15) is 5.10 Å². The quantitative estimate of drug-likeness (QED) is 0.802. The number of benzene rings is 1. The number of hydrogen-bond donors (Lipinski definition) is 3. The van der Waals surface area contributed by atoms with Crippen molar-refractivity contribution in [3.63, 3.8) is 0 Å². The summed E-state index contributed by atoms with van der Waals surface area (Å²) in [6.45, 7) is 2.94. The van der Waals surface area contributed by atoms with Crippen LogP contribution in [0.15, 0.2) is 29.2 Å². The average molecular weight is 330 g/mol. The van der Waals surface area contributed by atoms with Crippen molar-refractivity contribution in [3.05, 3.63) is 35.5 Å². The molecule has 3 N–H and O–H groups in total. The summed E-state index contributed by atoms with van der Waals surface area (Å²) in [4.78, 5) is 0.884. The third kappa shape index (κ3) is 2.93. The highest BCUT2D eigenvalue weighted by molar-refractivity contribution is 7.83. The molecule has 3 unspecified atom stereocenters. The van der Waals surface area contributed by atoms with E-state index < -0.39 is 11.0 Å². The predicted octanol–water partition coefficient (Wildman–Crippen LogP) is 3.57. The van der Waals surface area contributed by atoms with Gasteiger partial charge < -0.3 is 5.32 Å². The minimum atomic E-state index is -1.05. The summed E-state index contributed by atoms with van der Waals surface area (Å²) in [5.74, 6) is 2.34. The molecule has 0 amide bonds. The Hall–Kier alpha value is -1.66. The number of aromatic amines is 1. The molecule has 0 bridgehead atoms. The maximum Gasteiger partial charge on any atom is 0.152 e. The number of nitrogens with one attached hydrogen (secondary N) is 3. The number of nitrogens with zero attached hydrogens (tertiary/aromatic N) is 1. The van der Waals surface area contributed by atoms with E-state index in [4.69, 9.17) is 0 Å². The lowest BCUT2D eigenvalue weighted by atomic mass is 10.0. The SMILES string of the molecule is CCC1CCC(c2cc(Nc3ccc4c(c3)CNS4=O)n[nH]2)C1. The molecule has 0 spiro atoms. The van der Waals surface area contributed by atoms with Crippen LogP contribution in [0.4, 0.5) is 11.5 Å². The van der Waals surface area contributed by atoms with Gasteiger partial charge in [-0.25, -0.2) is 8.93 Å². The molecule has 2 aromatic rings. The Labute approximate surface area is 138 Å². The lowest BCUT2D eigenvalue weighted by molar-refractivity contribution is 0.519. The standard InChI is InChI=1S/C17H22N4OS/c1-2-11-3-4-12(7-11)15-9-17(21-20-15)19-14-5-6-16-13(8-14)10-18-23(16)22/h5-6,8-9,11-12,18H,2-4,7,10H2,1H3,(H2,19,20,21). The van der Waals surface area contributed by atoms with Crippen LogP contribution >= 0.6 is 0 Å². The average Bonchev–Trinajstić information content (AvgIpc) is 3.27. The van der Waals surface area contributed by atoms with Crippen molar-refractivity contribution in [1.29, 1.82) is 0 Å². The van der Waals surface area contributed by atoms with Crippen molar-refractivity contribution in [2.45, 2.75) is 50.0 Å². The summed E-state index contributed by atoms with van der Waals surface area (Å²) in [7, 11) is -1.05. The summed E-state index contributed by atoms with van der Waals surface area (Å²) in [5.41, 5.74) is 3.32. The third-order valence-electron chi connectivity index (χ3n) is 5.08. The van der Waals surface area contributed by atoms with E-state index in [1.165, 1.54) is 31.4 Å². The summed E-state index contributed by atoms with van der Waals surface area (Å²) in [5, 5.41) is 11.0. The van der Waals surface area contributed by atoms with Crippen LogP contribution in [0, 0.1) is 5.92 Å². The molecule has 1 fully saturated rings. The molecule has 1 aliphatic carbocycles. The van der Waals surface area contributed by atoms with Gasteiger partial charge in [-0.1, -0.05) is 13.3 Å². The Balaban J connectivity index is 1.47. The van der Waals surface area contributed by atoms with Crippen molar-refractivity contribution in [1.82, 2.24) is 14.9 Å². The summed E-state index contributed by atoms with van der Waals surface area (Å²) < 4.78 is 14.6. The first-order valence-corrected chi connectivity index (χ1v) is 9.48. The predicted molar refractivity (Wildman–Crippen MR) is 91.9 cm³/mol. The number of fused-ring (bicyclic) bond motifs is 1. The van der Waals surface area contributed by atoms with E-state index in [0.717, 1.165) is 27.9 Å². The van der Waals surface area contributed by atoms with Gasteiger partial charge in [-0.05, 0) is 48.9 Å². The Morgan fingerprint density at radius 2 is 2.26 bits per heavy atom. The number of anilines is 2. The number of hydrogen-bond acceptors (Lipinski definition) is 3. The first-order chi connectivity index (χ1) is 11.2. The lowest BCUT2D eigenvalue weighted by Crippen LogP contribution is -2.05. The zero-order valence-electron chi connectivity index (χ0n) is 13.3.